The molecule has 1 heterocycles. The molecule has 1 aromatic carbocycles. The molecule has 1 aliphatic heterocycles. The van der Waals surface area contributed by atoms with Crippen LogP contribution in [0.4, 0.5) is 0 Å². The van der Waals surface area contributed by atoms with Gasteiger partial charge >= 0.3 is 17.7 Å². The number of Topliss-reactive ketones (excluding diaryl/α,β-unsaturated/α-hetero) is 1. The fourth-order valence-electron chi connectivity index (χ4n) is 4.96. The summed E-state index contributed by atoms with van der Waals surface area (Å²) in [7, 11) is 2.43. The summed E-state index contributed by atoms with van der Waals surface area (Å²) in [5, 5.41) is 3.34. The second-order valence-electron chi connectivity index (χ2n) is 7.86. The van der Waals surface area contributed by atoms with Gasteiger partial charge in [0.05, 0.1) is 20.1 Å². The van der Waals surface area contributed by atoms with Crippen LogP contribution in [0.25, 0.3) is 5.53 Å². The van der Waals surface area contributed by atoms with Crippen molar-refractivity contribution in [2.75, 3.05) is 14.2 Å². The lowest BCUT2D eigenvalue weighted by Crippen LogP contribution is -2.45. The van der Waals surface area contributed by atoms with Crippen molar-refractivity contribution in [3.8, 4) is 0 Å². The first-order valence-electron chi connectivity index (χ1n) is 10.3. The van der Waals surface area contributed by atoms with Crippen molar-refractivity contribution >= 4 is 23.4 Å². The Hall–Kier alpha value is -2.83. The topological polar surface area (TPSA) is 118 Å². The van der Waals surface area contributed by atoms with E-state index in [1.807, 2.05) is 30.3 Å². The second kappa shape index (κ2) is 9.78. The van der Waals surface area contributed by atoms with Crippen LogP contribution in [0.3, 0.4) is 0 Å². The molecule has 8 heteroatoms. The van der Waals surface area contributed by atoms with Crippen LogP contribution >= 0.6 is 0 Å². The highest BCUT2D eigenvalue weighted by Crippen LogP contribution is 2.43. The van der Waals surface area contributed by atoms with Crippen LogP contribution in [0.2, 0.25) is 0 Å². The monoisotopic (exact) mass is 413 g/mol. The van der Waals surface area contributed by atoms with E-state index in [-0.39, 0.29) is 12.0 Å². The number of nitrogens with zero attached hydrogens (tertiary/aromatic N) is 2. The molecule has 0 unspecified atom stereocenters. The lowest BCUT2D eigenvalue weighted by molar-refractivity contribution is -0.143. The largest absolute Gasteiger partial charge is 0.468 e. The van der Waals surface area contributed by atoms with Gasteiger partial charge in [0.2, 0.25) is 0 Å². The molecule has 0 aromatic heterocycles. The number of hydrogen-bond donors (Lipinski definition) is 1. The average Bonchev–Trinajstić information content (AvgIpc) is 3.20. The number of esters is 2. The molecule has 8 nitrogen and oxygen atoms in total. The van der Waals surface area contributed by atoms with Crippen molar-refractivity contribution < 1.29 is 28.6 Å². The van der Waals surface area contributed by atoms with E-state index in [0.29, 0.717) is 0 Å². The maximum absolute atomic E-state index is 13.5. The summed E-state index contributed by atoms with van der Waals surface area (Å²) < 4.78 is 9.66. The first-order valence-corrected chi connectivity index (χ1v) is 10.3. The minimum atomic E-state index is -1.00. The Morgan fingerprint density at radius 3 is 2.27 bits per heavy atom. The third kappa shape index (κ3) is 4.20. The quantitative estimate of drug-likeness (QED) is 0.250. The highest BCUT2D eigenvalue weighted by Gasteiger charge is 2.56. The van der Waals surface area contributed by atoms with Gasteiger partial charge in [0, 0.05) is 12.0 Å². The minimum Gasteiger partial charge on any atom is -0.468 e. The molecule has 1 aromatic rings. The maximum Gasteiger partial charge on any atom is 0.441 e. The summed E-state index contributed by atoms with van der Waals surface area (Å²) in [6.07, 6.45) is 5.05. The zero-order valence-corrected chi connectivity index (χ0v) is 17.2. The molecular weight excluding hydrogens is 386 g/mol. The first-order chi connectivity index (χ1) is 14.5. The van der Waals surface area contributed by atoms with Crippen LogP contribution in [0.15, 0.2) is 30.3 Å². The van der Waals surface area contributed by atoms with E-state index >= 15 is 0 Å². The van der Waals surface area contributed by atoms with Crippen molar-refractivity contribution in [1.29, 1.82) is 0 Å². The Morgan fingerprint density at radius 1 is 1.03 bits per heavy atom. The lowest BCUT2D eigenvalue weighted by Gasteiger charge is -2.31. The van der Waals surface area contributed by atoms with E-state index in [9.17, 15) is 19.9 Å². The zero-order valence-electron chi connectivity index (χ0n) is 17.2. The van der Waals surface area contributed by atoms with Gasteiger partial charge in [-0.2, -0.15) is 4.79 Å². The van der Waals surface area contributed by atoms with E-state index < -0.39 is 41.3 Å². The third-order valence-electron chi connectivity index (χ3n) is 6.32. The molecule has 0 bridgehead atoms. The number of rotatable bonds is 6. The van der Waals surface area contributed by atoms with Gasteiger partial charge in [-0.25, -0.2) is 4.79 Å². The lowest BCUT2D eigenvalue weighted by atomic mass is 9.72. The minimum absolute atomic E-state index is 0.158. The van der Waals surface area contributed by atoms with E-state index in [2.05, 4.69) is 14.8 Å². The standard InChI is InChI=1S/C22H27N3O5/c1-29-21(27)18-15(13-9-5-3-6-10-13)16(20(26)19(25-23)22(28)30-2)17(24-18)14-11-7-4-8-12-14/h3,5-6,9-10,14-18,24H,4,7-8,11-12H2,1-2H3/t15-,16-,17-,18-/m0/s1. The highest BCUT2D eigenvalue weighted by atomic mass is 16.5. The van der Waals surface area contributed by atoms with Crippen LogP contribution in [0, 0.1) is 11.8 Å². The Morgan fingerprint density at radius 2 is 1.70 bits per heavy atom. The van der Waals surface area contributed by atoms with Crippen LogP contribution in [-0.4, -0.2) is 54.5 Å². The molecule has 30 heavy (non-hydrogen) atoms. The second-order valence-corrected chi connectivity index (χ2v) is 7.86. The van der Waals surface area contributed by atoms with Crippen LogP contribution in [0.5, 0.6) is 0 Å². The summed E-state index contributed by atoms with van der Waals surface area (Å²) in [5.41, 5.74) is 9.51. The zero-order chi connectivity index (χ0) is 21.7. The van der Waals surface area contributed by atoms with Gasteiger partial charge < -0.3 is 20.3 Å². The van der Waals surface area contributed by atoms with Crippen molar-refractivity contribution in [2.24, 2.45) is 11.8 Å². The number of nitrogens with one attached hydrogen (secondary N) is 1. The smallest absolute Gasteiger partial charge is 0.441 e. The van der Waals surface area contributed by atoms with Crippen molar-refractivity contribution in [3.05, 3.63) is 41.4 Å². The number of carbonyl (C=O) groups is 3. The average molecular weight is 413 g/mol. The molecule has 1 saturated heterocycles. The Labute approximate surface area is 175 Å². The molecule has 0 amide bonds. The van der Waals surface area contributed by atoms with Crippen LogP contribution < -0.4 is 5.32 Å². The van der Waals surface area contributed by atoms with Crippen LogP contribution in [-0.2, 0) is 23.9 Å². The van der Waals surface area contributed by atoms with E-state index in [1.165, 1.54) is 7.11 Å². The fourth-order valence-corrected chi connectivity index (χ4v) is 4.96. The molecule has 2 fully saturated rings. The first kappa shape index (κ1) is 21.9. The van der Waals surface area contributed by atoms with Gasteiger partial charge in [-0.3, -0.25) is 9.59 Å². The molecule has 2 aliphatic rings. The van der Waals surface area contributed by atoms with Crippen molar-refractivity contribution in [3.63, 3.8) is 0 Å². The molecule has 1 N–H and O–H groups in total. The number of carbonyl (C=O) groups excluding carboxylic acids is 3. The third-order valence-corrected chi connectivity index (χ3v) is 6.32. The predicted molar refractivity (Wildman–Crippen MR) is 108 cm³/mol. The molecule has 1 aliphatic carbocycles. The summed E-state index contributed by atoms with van der Waals surface area (Å²) in [6.45, 7) is 0. The van der Waals surface area contributed by atoms with Crippen LogP contribution in [0.1, 0.15) is 43.6 Å². The summed E-state index contributed by atoms with van der Waals surface area (Å²) >= 11 is 0. The maximum atomic E-state index is 13.5. The molecular formula is C22H27N3O5. The van der Waals surface area contributed by atoms with Crippen molar-refractivity contribution in [2.45, 2.75) is 50.1 Å². The molecule has 1 saturated carbocycles. The SMILES string of the molecule is COC(=O)C(=[N+]=[N-])C(=O)[C@H]1[C@H](c2ccccc2)[C@@H](C(=O)OC)N[C@H]1C1CCCCC1. The van der Waals surface area contributed by atoms with Gasteiger partial charge in [0.1, 0.15) is 6.04 Å². The Bertz CT molecular complexity index is 844. The highest BCUT2D eigenvalue weighted by molar-refractivity contribution is 6.62. The molecule has 4 atom stereocenters. The Balaban J connectivity index is 2.10. The molecule has 160 valence electrons. The van der Waals surface area contributed by atoms with E-state index in [0.717, 1.165) is 44.8 Å². The summed E-state index contributed by atoms with van der Waals surface area (Å²) in [6, 6.07) is 8.11. The number of hydrogen-bond acceptors (Lipinski definition) is 6. The number of ether oxygens (including phenoxy) is 2. The summed E-state index contributed by atoms with van der Waals surface area (Å²) in [4.78, 5) is 41.2. The van der Waals surface area contributed by atoms with E-state index in [4.69, 9.17) is 4.74 Å². The fraction of sp³-hybridized carbons (Fsp3) is 0.545. The number of methoxy groups -OCH3 is 2. The van der Waals surface area contributed by atoms with Gasteiger partial charge in [-0.1, -0.05) is 49.6 Å². The van der Waals surface area contributed by atoms with Gasteiger partial charge in [-0.15, -0.1) is 0 Å². The normalized spacial score (nSPS) is 26.5. The molecule has 0 spiro atoms. The number of ketones is 1. The predicted octanol–water partition coefficient (Wildman–Crippen LogP) is 1.89. The molecule has 3 rings (SSSR count). The van der Waals surface area contributed by atoms with Gasteiger partial charge in [0.15, 0.2) is 0 Å². The Kier molecular flexibility index (Phi) is 7.13. The van der Waals surface area contributed by atoms with E-state index in [1.54, 1.807) is 0 Å². The number of benzene rings is 1. The van der Waals surface area contributed by atoms with Gasteiger partial charge in [0.25, 0.3) is 5.78 Å². The summed E-state index contributed by atoms with van der Waals surface area (Å²) in [5.74, 6) is -3.29. The molecule has 0 radical (unpaired) electrons. The van der Waals surface area contributed by atoms with Crippen molar-refractivity contribution in [1.82, 2.24) is 5.32 Å². The van der Waals surface area contributed by atoms with Gasteiger partial charge in [-0.05, 0) is 24.3 Å².